The Hall–Kier alpha value is -2.04. The highest BCUT2D eigenvalue weighted by Gasteiger charge is 2.23. The van der Waals surface area contributed by atoms with Crippen LogP contribution in [0.25, 0.3) is 0 Å². The van der Waals surface area contributed by atoms with Crippen LogP contribution in [0.15, 0.2) is 24.3 Å². The van der Waals surface area contributed by atoms with E-state index in [0.717, 1.165) is 43.4 Å². The fraction of sp³-hybridized carbons (Fsp3) is 0.600. The Morgan fingerprint density at radius 2 is 1.80 bits per heavy atom. The molecule has 0 spiro atoms. The van der Waals surface area contributed by atoms with Gasteiger partial charge in [-0.05, 0) is 43.7 Å². The summed E-state index contributed by atoms with van der Waals surface area (Å²) in [5.41, 5.74) is 6.14. The van der Waals surface area contributed by atoms with Gasteiger partial charge in [-0.15, -0.1) is 0 Å². The topological polar surface area (TPSA) is 67.4 Å². The molecule has 1 saturated carbocycles. The van der Waals surface area contributed by atoms with Gasteiger partial charge in [0.05, 0.1) is 0 Å². The zero-order valence-electron chi connectivity index (χ0n) is 15.5. The number of nitrogens with one attached hydrogen (secondary N) is 2. The lowest BCUT2D eigenvalue weighted by Gasteiger charge is -2.22. The molecule has 1 aromatic carbocycles. The number of para-hydroxylation sites is 1. The third-order valence-corrected chi connectivity index (χ3v) is 5.02. The first-order valence-electron chi connectivity index (χ1n) is 9.38. The third kappa shape index (κ3) is 5.48. The SMILES string of the molecule is CCC(C)c1ccccc1OC(C)C(=O)NNC(=O)C1CCCCC1. The third-order valence-electron chi connectivity index (χ3n) is 5.02. The molecule has 2 atom stereocenters. The number of carbonyl (C=O) groups is 2. The molecule has 0 aromatic heterocycles. The Balaban J connectivity index is 1.87. The lowest BCUT2D eigenvalue weighted by Crippen LogP contribution is -2.49. The lowest BCUT2D eigenvalue weighted by atomic mass is 9.89. The largest absolute Gasteiger partial charge is 0.481 e. The number of rotatable bonds is 6. The van der Waals surface area contributed by atoms with Crippen LogP contribution >= 0.6 is 0 Å². The number of hydrogen-bond donors (Lipinski definition) is 2. The van der Waals surface area contributed by atoms with Crippen molar-refractivity contribution in [1.82, 2.24) is 10.9 Å². The minimum Gasteiger partial charge on any atom is -0.481 e. The second kappa shape index (κ2) is 9.44. The number of hydrazine groups is 1. The van der Waals surface area contributed by atoms with Crippen LogP contribution in [-0.4, -0.2) is 17.9 Å². The van der Waals surface area contributed by atoms with Crippen LogP contribution in [0, 0.1) is 5.92 Å². The van der Waals surface area contributed by atoms with E-state index in [2.05, 4.69) is 24.7 Å². The molecule has 0 radical (unpaired) electrons. The molecule has 0 heterocycles. The predicted molar refractivity (Wildman–Crippen MR) is 98.1 cm³/mol. The van der Waals surface area contributed by atoms with Gasteiger partial charge >= 0.3 is 0 Å². The van der Waals surface area contributed by atoms with Gasteiger partial charge in [0.1, 0.15) is 5.75 Å². The molecule has 2 rings (SSSR count). The highest BCUT2D eigenvalue weighted by atomic mass is 16.5. The first kappa shape index (κ1) is 19.3. The van der Waals surface area contributed by atoms with Crippen LogP contribution in [0.4, 0.5) is 0 Å². The Bertz CT molecular complexity index is 582. The zero-order valence-corrected chi connectivity index (χ0v) is 15.5. The van der Waals surface area contributed by atoms with Gasteiger partial charge in [-0.1, -0.05) is 51.3 Å². The van der Waals surface area contributed by atoms with E-state index in [1.165, 1.54) is 6.42 Å². The number of benzene rings is 1. The van der Waals surface area contributed by atoms with E-state index >= 15 is 0 Å². The summed E-state index contributed by atoms with van der Waals surface area (Å²) < 4.78 is 5.84. The maximum atomic E-state index is 12.2. The molecule has 1 fully saturated rings. The molecule has 1 aromatic rings. The molecule has 2 amide bonds. The minimum absolute atomic E-state index is 0.0106. The molecule has 1 aliphatic carbocycles. The van der Waals surface area contributed by atoms with Gasteiger partial charge in [0.2, 0.25) is 5.91 Å². The van der Waals surface area contributed by atoms with E-state index in [1.54, 1.807) is 6.92 Å². The highest BCUT2D eigenvalue weighted by Crippen LogP contribution is 2.29. The maximum absolute atomic E-state index is 12.2. The van der Waals surface area contributed by atoms with E-state index in [-0.39, 0.29) is 17.7 Å². The smallest absolute Gasteiger partial charge is 0.279 e. The molecule has 0 bridgehead atoms. The van der Waals surface area contributed by atoms with Crippen molar-refractivity contribution >= 4 is 11.8 Å². The fourth-order valence-electron chi connectivity index (χ4n) is 3.15. The van der Waals surface area contributed by atoms with Crippen molar-refractivity contribution < 1.29 is 14.3 Å². The quantitative estimate of drug-likeness (QED) is 0.772. The Labute approximate surface area is 150 Å². The van der Waals surface area contributed by atoms with E-state index in [9.17, 15) is 9.59 Å². The van der Waals surface area contributed by atoms with Gasteiger partial charge in [0, 0.05) is 5.92 Å². The monoisotopic (exact) mass is 346 g/mol. The van der Waals surface area contributed by atoms with Crippen LogP contribution in [0.2, 0.25) is 0 Å². The molecule has 2 unspecified atom stereocenters. The molecule has 5 heteroatoms. The molecule has 138 valence electrons. The van der Waals surface area contributed by atoms with Crippen LogP contribution in [-0.2, 0) is 9.59 Å². The van der Waals surface area contributed by atoms with Gasteiger partial charge < -0.3 is 4.74 Å². The van der Waals surface area contributed by atoms with Crippen molar-refractivity contribution in [3.63, 3.8) is 0 Å². The van der Waals surface area contributed by atoms with Gasteiger partial charge in [-0.2, -0.15) is 0 Å². The second-order valence-corrected chi connectivity index (χ2v) is 6.92. The van der Waals surface area contributed by atoms with Gasteiger partial charge in [0.15, 0.2) is 6.10 Å². The number of carbonyl (C=O) groups excluding carboxylic acids is 2. The summed E-state index contributed by atoms with van der Waals surface area (Å²) in [4.78, 5) is 24.3. The molecule has 25 heavy (non-hydrogen) atoms. The summed E-state index contributed by atoms with van der Waals surface area (Å²) >= 11 is 0. The summed E-state index contributed by atoms with van der Waals surface area (Å²) in [7, 11) is 0. The molecule has 1 aliphatic rings. The predicted octanol–water partition coefficient (Wildman–Crippen LogP) is 3.70. The van der Waals surface area contributed by atoms with Crippen molar-refractivity contribution in [2.45, 2.75) is 71.3 Å². The Morgan fingerprint density at radius 3 is 2.48 bits per heavy atom. The van der Waals surface area contributed by atoms with E-state index < -0.39 is 6.10 Å². The van der Waals surface area contributed by atoms with Crippen LogP contribution in [0.1, 0.15) is 70.8 Å². The summed E-state index contributed by atoms with van der Waals surface area (Å²) in [5, 5.41) is 0. The average molecular weight is 346 g/mol. The minimum atomic E-state index is -0.683. The van der Waals surface area contributed by atoms with Crippen molar-refractivity contribution in [2.24, 2.45) is 5.92 Å². The maximum Gasteiger partial charge on any atom is 0.279 e. The van der Waals surface area contributed by atoms with Gasteiger partial charge in [0.25, 0.3) is 5.91 Å². The van der Waals surface area contributed by atoms with Crippen molar-refractivity contribution in [1.29, 1.82) is 0 Å². The summed E-state index contributed by atoms with van der Waals surface area (Å²) in [6, 6.07) is 7.78. The number of amides is 2. The molecular formula is C20H30N2O3. The average Bonchev–Trinajstić information content (AvgIpc) is 2.66. The zero-order chi connectivity index (χ0) is 18.2. The first-order valence-corrected chi connectivity index (χ1v) is 9.38. The van der Waals surface area contributed by atoms with Crippen LogP contribution < -0.4 is 15.6 Å². The van der Waals surface area contributed by atoms with Crippen molar-refractivity contribution in [2.75, 3.05) is 0 Å². The van der Waals surface area contributed by atoms with E-state index in [4.69, 9.17) is 4.74 Å². The standard InChI is InChI=1S/C20H30N2O3/c1-4-14(2)17-12-8-9-13-18(17)25-15(3)19(23)21-22-20(24)16-10-6-5-7-11-16/h8-9,12-16H,4-7,10-11H2,1-3H3,(H,21,23)(H,22,24). The summed E-state index contributed by atoms with van der Waals surface area (Å²) in [6.07, 6.45) is 5.47. The summed E-state index contributed by atoms with van der Waals surface area (Å²) in [5.74, 6) is 0.648. The fourth-order valence-corrected chi connectivity index (χ4v) is 3.15. The highest BCUT2D eigenvalue weighted by molar-refractivity contribution is 5.85. The molecule has 2 N–H and O–H groups in total. The van der Waals surface area contributed by atoms with E-state index in [1.807, 2.05) is 24.3 Å². The van der Waals surface area contributed by atoms with Crippen LogP contribution in [0.5, 0.6) is 5.75 Å². The normalized spacial score (nSPS) is 17.4. The van der Waals surface area contributed by atoms with Gasteiger partial charge in [-0.3, -0.25) is 20.4 Å². The summed E-state index contributed by atoms with van der Waals surface area (Å²) in [6.45, 7) is 5.95. The van der Waals surface area contributed by atoms with Crippen molar-refractivity contribution in [3.8, 4) is 5.75 Å². The number of ether oxygens (including phenoxy) is 1. The number of hydrogen-bond acceptors (Lipinski definition) is 3. The van der Waals surface area contributed by atoms with E-state index in [0.29, 0.717) is 5.92 Å². The van der Waals surface area contributed by atoms with Crippen LogP contribution in [0.3, 0.4) is 0 Å². The molecule has 5 nitrogen and oxygen atoms in total. The van der Waals surface area contributed by atoms with Gasteiger partial charge in [-0.25, -0.2) is 0 Å². The molecular weight excluding hydrogens is 316 g/mol. The molecule has 0 saturated heterocycles. The van der Waals surface area contributed by atoms with Crippen molar-refractivity contribution in [3.05, 3.63) is 29.8 Å². The molecule has 0 aliphatic heterocycles. The first-order chi connectivity index (χ1) is 12.0. The lowest BCUT2D eigenvalue weighted by molar-refractivity contribution is -0.134. The second-order valence-electron chi connectivity index (χ2n) is 6.92. The Morgan fingerprint density at radius 1 is 1.12 bits per heavy atom. The Kier molecular flexibility index (Phi) is 7.29.